The van der Waals surface area contributed by atoms with Crippen molar-refractivity contribution in [3.8, 4) is 0 Å². The Morgan fingerprint density at radius 1 is 1.06 bits per heavy atom. The molecule has 0 aromatic carbocycles. The zero-order valence-corrected chi connectivity index (χ0v) is 22.8. The van der Waals surface area contributed by atoms with Gasteiger partial charge in [0, 0.05) is 11.8 Å². The minimum absolute atomic E-state index is 0.0466. The molecule has 3 aliphatic rings. The highest BCUT2D eigenvalue weighted by molar-refractivity contribution is 6.02. The van der Waals surface area contributed by atoms with Crippen LogP contribution >= 0.6 is 0 Å². The summed E-state index contributed by atoms with van der Waals surface area (Å²) in [7, 11) is 0. The molecular formula is C31H46O3. The molecule has 1 N–H and O–H groups in total. The van der Waals surface area contributed by atoms with E-state index in [0.717, 1.165) is 32.1 Å². The Labute approximate surface area is 207 Å². The van der Waals surface area contributed by atoms with E-state index < -0.39 is 0 Å². The van der Waals surface area contributed by atoms with Crippen molar-refractivity contribution >= 4 is 11.6 Å². The second-order valence-electron chi connectivity index (χ2n) is 13.5. The van der Waals surface area contributed by atoms with Crippen LogP contribution in [0.2, 0.25) is 0 Å². The molecule has 3 aliphatic carbocycles. The molecule has 34 heavy (non-hydrogen) atoms. The normalized spacial score (nSPS) is 40.6. The molecule has 0 heterocycles. The highest BCUT2D eigenvalue weighted by Crippen LogP contribution is 2.69. The van der Waals surface area contributed by atoms with E-state index in [4.69, 9.17) is 0 Å². The van der Waals surface area contributed by atoms with E-state index in [1.165, 1.54) is 18.4 Å². The molecule has 0 aromatic rings. The predicted octanol–water partition coefficient (Wildman–Crippen LogP) is 8.23. The standard InChI is InChI=1S/C31H46O3/c1-22-10-9-11-25-29(6,13-12-24(33)26(22)34)17-18-30(7)21-28(5,16-19-31(25,30)8)15-14-27(3,4)20-23(2)32/h9-13,34H,14-21H2,1-8H3/b10-9+,13-12+,25-11?,26-22+/t28-,29-,30+,31-/m1/s1. The molecule has 4 atom stereocenters. The number of fused-ring (bicyclic) bond motifs is 3. The Kier molecular flexibility index (Phi) is 7.03. The fourth-order valence-electron chi connectivity index (χ4n) is 7.27. The lowest BCUT2D eigenvalue weighted by molar-refractivity contribution is -0.119. The number of rotatable bonds is 5. The first-order valence-electron chi connectivity index (χ1n) is 13.1. The van der Waals surface area contributed by atoms with Gasteiger partial charge in [-0.3, -0.25) is 4.79 Å². The summed E-state index contributed by atoms with van der Waals surface area (Å²) in [5.41, 5.74) is 2.38. The fourth-order valence-corrected chi connectivity index (χ4v) is 7.27. The first-order valence-corrected chi connectivity index (χ1v) is 13.1. The van der Waals surface area contributed by atoms with Gasteiger partial charge in [-0.25, -0.2) is 0 Å². The van der Waals surface area contributed by atoms with Crippen molar-refractivity contribution in [1.82, 2.24) is 0 Å². The van der Waals surface area contributed by atoms with Crippen LogP contribution in [-0.4, -0.2) is 16.7 Å². The van der Waals surface area contributed by atoms with Crippen molar-refractivity contribution in [2.75, 3.05) is 0 Å². The van der Waals surface area contributed by atoms with Gasteiger partial charge in [0.1, 0.15) is 5.78 Å². The number of carbonyl (C=O) groups is 2. The van der Waals surface area contributed by atoms with E-state index in [2.05, 4.69) is 47.6 Å². The lowest BCUT2D eigenvalue weighted by Crippen LogP contribution is -2.53. The van der Waals surface area contributed by atoms with Gasteiger partial charge >= 0.3 is 0 Å². The highest BCUT2D eigenvalue weighted by Gasteiger charge is 2.59. The minimum atomic E-state index is -0.312. The maximum atomic E-state index is 12.5. The summed E-state index contributed by atoms with van der Waals surface area (Å²) in [6.07, 6.45) is 18.3. The zero-order valence-electron chi connectivity index (χ0n) is 22.8. The largest absolute Gasteiger partial charge is 0.504 e. The molecule has 0 saturated heterocycles. The van der Waals surface area contributed by atoms with E-state index in [0.29, 0.717) is 12.0 Å². The average molecular weight is 467 g/mol. The second-order valence-corrected chi connectivity index (χ2v) is 13.5. The molecule has 3 rings (SSSR count). The summed E-state index contributed by atoms with van der Waals surface area (Å²) in [6, 6.07) is 0. The van der Waals surface area contributed by atoms with Crippen LogP contribution in [0.1, 0.15) is 107 Å². The Hall–Kier alpha value is -1.90. The summed E-state index contributed by atoms with van der Waals surface area (Å²) in [6.45, 7) is 17.6. The summed E-state index contributed by atoms with van der Waals surface area (Å²) in [5, 5.41) is 10.2. The van der Waals surface area contributed by atoms with Gasteiger partial charge in [0.2, 0.25) is 5.78 Å². The molecule has 2 saturated carbocycles. The topological polar surface area (TPSA) is 54.4 Å². The minimum Gasteiger partial charge on any atom is -0.504 e. The van der Waals surface area contributed by atoms with Crippen molar-refractivity contribution in [3.05, 3.63) is 47.3 Å². The van der Waals surface area contributed by atoms with Gasteiger partial charge in [0.05, 0.1) is 0 Å². The second kappa shape index (κ2) is 8.95. The van der Waals surface area contributed by atoms with Crippen LogP contribution in [0.4, 0.5) is 0 Å². The molecule has 0 aliphatic heterocycles. The summed E-state index contributed by atoms with van der Waals surface area (Å²) >= 11 is 0. The maximum Gasteiger partial charge on any atom is 0.220 e. The van der Waals surface area contributed by atoms with Gasteiger partial charge in [-0.2, -0.15) is 0 Å². The van der Waals surface area contributed by atoms with Crippen LogP contribution in [0.3, 0.4) is 0 Å². The molecule has 2 fully saturated rings. The third kappa shape index (κ3) is 5.04. The van der Waals surface area contributed by atoms with Crippen LogP contribution in [0.15, 0.2) is 47.3 Å². The number of aliphatic hydroxyl groups excluding tert-OH is 1. The van der Waals surface area contributed by atoms with E-state index in [-0.39, 0.29) is 44.4 Å². The van der Waals surface area contributed by atoms with Gasteiger partial charge < -0.3 is 9.90 Å². The van der Waals surface area contributed by atoms with Crippen LogP contribution in [0.25, 0.3) is 0 Å². The molecule has 0 unspecified atom stereocenters. The Morgan fingerprint density at radius 2 is 1.74 bits per heavy atom. The van der Waals surface area contributed by atoms with Gasteiger partial charge in [-0.1, -0.05) is 71.4 Å². The van der Waals surface area contributed by atoms with Crippen molar-refractivity contribution in [2.45, 2.75) is 107 Å². The Balaban J connectivity index is 1.93. The number of Topliss-reactive ketones (excluding diaryl/α,β-unsaturated/α-hetero) is 1. The number of ketones is 2. The number of hydrogen-bond acceptors (Lipinski definition) is 3. The molecule has 0 spiro atoms. The van der Waals surface area contributed by atoms with Gasteiger partial charge in [0.25, 0.3) is 0 Å². The van der Waals surface area contributed by atoms with Crippen LogP contribution < -0.4 is 0 Å². The lowest BCUT2D eigenvalue weighted by atomic mass is 9.41. The SMILES string of the molecule is CC(=O)CC(C)(C)CC[C@]1(C)CC[C@]2(C)C3=C/C=C/C(C)=C(/O)C(=O)/C=C/[C@]3(C)CC[C@@]2(C)C1. The lowest BCUT2D eigenvalue weighted by Gasteiger charge is -2.63. The molecule has 0 radical (unpaired) electrons. The van der Waals surface area contributed by atoms with E-state index in [1.54, 1.807) is 19.9 Å². The molecule has 188 valence electrons. The van der Waals surface area contributed by atoms with E-state index in [9.17, 15) is 14.7 Å². The van der Waals surface area contributed by atoms with Crippen molar-refractivity contribution in [2.24, 2.45) is 27.1 Å². The first kappa shape index (κ1) is 26.7. The summed E-state index contributed by atoms with van der Waals surface area (Å²) < 4.78 is 0. The Morgan fingerprint density at radius 3 is 2.38 bits per heavy atom. The van der Waals surface area contributed by atoms with Crippen molar-refractivity contribution < 1.29 is 14.7 Å². The highest BCUT2D eigenvalue weighted by atomic mass is 16.3. The average Bonchev–Trinajstić information content (AvgIpc) is 2.73. The third-order valence-corrected chi connectivity index (χ3v) is 9.73. The molecule has 3 heteroatoms. The van der Waals surface area contributed by atoms with Crippen LogP contribution in [0.5, 0.6) is 0 Å². The third-order valence-electron chi connectivity index (χ3n) is 9.73. The number of aliphatic hydroxyl groups is 1. The molecule has 0 aromatic heterocycles. The zero-order chi connectivity index (χ0) is 25.6. The quantitative estimate of drug-likeness (QED) is 0.444. The van der Waals surface area contributed by atoms with E-state index >= 15 is 0 Å². The molecule has 3 nitrogen and oxygen atoms in total. The van der Waals surface area contributed by atoms with Crippen molar-refractivity contribution in [1.29, 1.82) is 0 Å². The van der Waals surface area contributed by atoms with E-state index in [1.807, 2.05) is 18.2 Å². The predicted molar refractivity (Wildman–Crippen MR) is 141 cm³/mol. The monoisotopic (exact) mass is 466 g/mol. The molecule has 0 bridgehead atoms. The van der Waals surface area contributed by atoms with Gasteiger partial charge in [-0.15, -0.1) is 0 Å². The summed E-state index contributed by atoms with van der Waals surface area (Å²) in [5.74, 6) is -0.195. The number of allylic oxidation sites excluding steroid dienone is 7. The smallest absolute Gasteiger partial charge is 0.220 e. The number of carbonyl (C=O) groups excluding carboxylic acids is 2. The fraction of sp³-hybridized carbons (Fsp3) is 0.677. The van der Waals surface area contributed by atoms with Gasteiger partial charge in [-0.05, 0) is 92.1 Å². The maximum absolute atomic E-state index is 12.5. The molecular weight excluding hydrogens is 420 g/mol. The first-order chi connectivity index (χ1) is 15.5. The van der Waals surface area contributed by atoms with Crippen LogP contribution in [-0.2, 0) is 9.59 Å². The van der Waals surface area contributed by atoms with Crippen molar-refractivity contribution in [3.63, 3.8) is 0 Å². The Bertz CT molecular complexity index is 977. The number of hydrogen-bond donors (Lipinski definition) is 1. The van der Waals surface area contributed by atoms with Crippen LogP contribution in [0, 0.1) is 27.1 Å². The molecule has 0 amide bonds. The van der Waals surface area contributed by atoms with Gasteiger partial charge in [0.15, 0.2) is 5.76 Å². The summed E-state index contributed by atoms with van der Waals surface area (Å²) in [4.78, 5) is 24.3.